The van der Waals surface area contributed by atoms with E-state index in [9.17, 15) is 4.79 Å². The van der Waals surface area contributed by atoms with Crippen molar-refractivity contribution in [1.29, 1.82) is 0 Å². The molecule has 3 heteroatoms. The van der Waals surface area contributed by atoms with Gasteiger partial charge in [-0.15, -0.1) is 0 Å². The topological polar surface area (TPSA) is 23.6 Å². The first-order chi connectivity index (χ1) is 10.6. The van der Waals surface area contributed by atoms with Crippen molar-refractivity contribution < 1.29 is 4.79 Å². The van der Waals surface area contributed by atoms with E-state index in [0.717, 1.165) is 18.5 Å². The molecule has 1 fully saturated rings. The average Bonchev–Trinajstić information content (AvgIpc) is 3.02. The number of rotatable bonds is 1. The van der Waals surface area contributed by atoms with Crippen LogP contribution in [0.1, 0.15) is 29.3 Å². The molecule has 2 atom stereocenters. The van der Waals surface area contributed by atoms with Crippen LogP contribution in [0.3, 0.4) is 0 Å². The van der Waals surface area contributed by atoms with E-state index < -0.39 is 0 Å². The molecule has 0 aromatic heterocycles. The average molecular weight is 292 g/mol. The van der Waals surface area contributed by atoms with Gasteiger partial charge in [-0.1, -0.05) is 43.3 Å². The molecule has 0 radical (unpaired) electrons. The van der Waals surface area contributed by atoms with Gasteiger partial charge in [0.15, 0.2) is 0 Å². The lowest BCUT2D eigenvalue weighted by Crippen LogP contribution is -2.49. The van der Waals surface area contributed by atoms with Crippen LogP contribution in [-0.2, 0) is 5.41 Å². The molecule has 1 amide bonds. The predicted octanol–water partition coefficient (Wildman–Crippen LogP) is 3.27. The fourth-order valence-electron chi connectivity index (χ4n) is 4.21. The molecule has 0 saturated carbocycles. The molecule has 112 valence electrons. The highest BCUT2D eigenvalue weighted by atomic mass is 16.2. The lowest BCUT2D eigenvalue weighted by molar-refractivity contribution is 0.0719. The SMILES string of the molecule is CN1c2ccccc2[C@]2(C)CCN(C(=O)c3ccccc3)[C@H]12. The first kappa shape index (κ1) is 13.4. The van der Waals surface area contributed by atoms with Crippen LogP contribution >= 0.6 is 0 Å². The number of anilines is 1. The van der Waals surface area contributed by atoms with Crippen LogP contribution < -0.4 is 4.90 Å². The van der Waals surface area contributed by atoms with E-state index in [-0.39, 0.29) is 17.5 Å². The normalized spacial score (nSPS) is 26.0. The Labute approximate surface area is 131 Å². The predicted molar refractivity (Wildman–Crippen MR) is 88.1 cm³/mol. The minimum Gasteiger partial charge on any atom is -0.353 e. The quantitative estimate of drug-likeness (QED) is 0.805. The highest BCUT2D eigenvalue weighted by Gasteiger charge is 2.54. The maximum atomic E-state index is 12.9. The smallest absolute Gasteiger partial charge is 0.255 e. The molecule has 0 aliphatic carbocycles. The summed E-state index contributed by atoms with van der Waals surface area (Å²) in [5, 5.41) is 0. The van der Waals surface area contributed by atoms with Crippen molar-refractivity contribution in [2.45, 2.75) is 24.9 Å². The number of carbonyl (C=O) groups excluding carboxylic acids is 1. The number of likely N-dealkylation sites (N-methyl/N-ethyl adjacent to an activating group) is 1. The molecule has 0 unspecified atom stereocenters. The van der Waals surface area contributed by atoms with Gasteiger partial charge in [-0.05, 0) is 30.2 Å². The maximum absolute atomic E-state index is 12.9. The Morgan fingerprint density at radius 1 is 1.09 bits per heavy atom. The summed E-state index contributed by atoms with van der Waals surface area (Å²) in [6, 6.07) is 18.1. The summed E-state index contributed by atoms with van der Waals surface area (Å²) in [7, 11) is 2.10. The molecule has 1 saturated heterocycles. The number of amides is 1. The first-order valence-electron chi connectivity index (χ1n) is 7.81. The lowest BCUT2D eigenvalue weighted by Gasteiger charge is -2.34. The van der Waals surface area contributed by atoms with Gasteiger partial charge in [0.25, 0.3) is 5.91 Å². The van der Waals surface area contributed by atoms with Crippen molar-refractivity contribution in [2.24, 2.45) is 0 Å². The minimum atomic E-state index is 0.0236. The number of fused-ring (bicyclic) bond motifs is 3. The molecule has 2 heterocycles. The highest BCUT2D eigenvalue weighted by molar-refractivity contribution is 5.95. The Morgan fingerprint density at radius 2 is 1.77 bits per heavy atom. The Morgan fingerprint density at radius 3 is 2.55 bits per heavy atom. The van der Waals surface area contributed by atoms with Crippen LogP contribution in [0.2, 0.25) is 0 Å². The van der Waals surface area contributed by atoms with Crippen molar-refractivity contribution in [3.63, 3.8) is 0 Å². The van der Waals surface area contributed by atoms with Crippen molar-refractivity contribution in [3.8, 4) is 0 Å². The Kier molecular flexibility index (Phi) is 2.80. The zero-order valence-corrected chi connectivity index (χ0v) is 13.0. The van der Waals surface area contributed by atoms with Crippen LogP contribution in [0.4, 0.5) is 5.69 Å². The molecular formula is C19H20N2O. The van der Waals surface area contributed by atoms with Crippen LogP contribution in [0.5, 0.6) is 0 Å². The van der Waals surface area contributed by atoms with Crippen molar-refractivity contribution in [2.75, 3.05) is 18.5 Å². The summed E-state index contributed by atoms with van der Waals surface area (Å²) in [6.07, 6.45) is 1.12. The fourth-order valence-corrected chi connectivity index (χ4v) is 4.21. The molecule has 2 aliphatic heterocycles. The van der Waals surface area contributed by atoms with Gasteiger partial charge in [0, 0.05) is 30.3 Å². The van der Waals surface area contributed by atoms with E-state index >= 15 is 0 Å². The van der Waals surface area contributed by atoms with E-state index in [0.29, 0.717) is 0 Å². The van der Waals surface area contributed by atoms with Gasteiger partial charge in [0.1, 0.15) is 6.17 Å². The van der Waals surface area contributed by atoms with Gasteiger partial charge >= 0.3 is 0 Å². The van der Waals surface area contributed by atoms with Gasteiger partial charge < -0.3 is 9.80 Å². The third kappa shape index (κ3) is 1.65. The molecule has 0 spiro atoms. The molecule has 4 rings (SSSR count). The number of hydrogen-bond acceptors (Lipinski definition) is 2. The summed E-state index contributed by atoms with van der Waals surface area (Å²) in [6.45, 7) is 3.10. The van der Waals surface area contributed by atoms with E-state index in [1.165, 1.54) is 11.3 Å². The minimum absolute atomic E-state index is 0.0236. The molecule has 2 aromatic carbocycles. The van der Waals surface area contributed by atoms with E-state index in [1.54, 1.807) is 0 Å². The second-order valence-electron chi connectivity index (χ2n) is 6.53. The first-order valence-corrected chi connectivity index (χ1v) is 7.81. The Bertz CT molecular complexity index is 727. The number of likely N-dealkylation sites (tertiary alicyclic amines) is 1. The van der Waals surface area contributed by atoms with Crippen LogP contribution in [0, 0.1) is 0 Å². The molecule has 0 N–H and O–H groups in total. The highest BCUT2D eigenvalue weighted by Crippen LogP contribution is 2.51. The van der Waals surface area contributed by atoms with Crippen LogP contribution in [0.25, 0.3) is 0 Å². The second kappa shape index (κ2) is 4.60. The van der Waals surface area contributed by atoms with Crippen molar-refractivity contribution in [3.05, 3.63) is 65.7 Å². The van der Waals surface area contributed by atoms with E-state index in [2.05, 4.69) is 43.1 Å². The van der Waals surface area contributed by atoms with E-state index in [1.807, 2.05) is 35.2 Å². The summed E-state index contributed by atoms with van der Waals surface area (Å²) in [5.74, 6) is 0.133. The summed E-state index contributed by atoms with van der Waals surface area (Å²) in [5.41, 5.74) is 3.41. The molecule has 2 aromatic rings. The number of nitrogens with zero attached hydrogens (tertiary/aromatic N) is 2. The maximum Gasteiger partial charge on any atom is 0.255 e. The lowest BCUT2D eigenvalue weighted by atomic mass is 9.81. The standard InChI is InChI=1S/C19H20N2O/c1-19-12-13-21(17(22)14-8-4-3-5-9-14)18(19)20(2)16-11-7-6-10-15(16)19/h3-11,18H,12-13H2,1-2H3/t18-,19-/m0/s1. The monoisotopic (exact) mass is 292 g/mol. The zero-order chi connectivity index (χ0) is 15.3. The Balaban J connectivity index is 1.74. The third-order valence-electron chi connectivity index (χ3n) is 5.28. The number of hydrogen-bond donors (Lipinski definition) is 0. The zero-order valence-electron chi connectivity index (χ0n) is 13.0. The molecule has 22 heavy (non-hydrogen) atoms. The number of benzene rings is 2. The second-order valence-corrected chi connectivity index (χ2v) is 6.53. The van der Waals surface area contributed by atoms with Crippen LogP contribution in [0.15, 0.2) is 54.6 Å². The molecule has 2 aliphatic rings. The molecule has 3 nitrogen and oxygen atoms in total. The third-order valence-corrected chi connectivity index (χ3v) is 5.28. The van der Waals surface area contributed by atoms with Gasteiger partial charge in [0.05, 0.1) is 0 Å². The number of carbonyl (C=O) groups is 1. The molecular weight excluding hydrogens is 272 g/mol. The van der Waals surface area contributed by atoms with Gasteiger partial charge in [-0.3, -0.25) is 4.79 Å². The van der Waals surface area contributed by atoms with Crippen LogP contribution in [-0.4, -0.2) is 30.6 Å². The van der Waals surface area contributed by atoms with Gasteiger partial charge in [0.2, 0.25) is 0 Å². The molecule has 0 bridgehead atoms. The summed E-state index contributed by atoms with van der Waals surface area (Å²) in [4.78, 5) is 17.2. The van der Waals surface area contributed by atoms with Gasteiger partial charge in [-0.25, -0.2) is 0 Å². The van der Waals surface area contributed by atoms with Crippen molar-refractivity contribution >= 4 is 11.6 Å². The summed E-state index contributed by atoms with van der Waals surface area (Å²) < 4.78 is 0. The Hall–Kier alpha value is -2.29. The van der Waals surface area contributed by atoms with Crippen molar-refractivity contribution in [1.82, 2.24) is 4.90 Å². The largest absolute Gasteiger partial charge is 0.353 e. The fraction of sp³-hybridized carbons (Fsp3) is 0.316. The van der Waals surface area contributed by atoms with E-state index in [4.69, 9.17) is 0 Å². The summed E-state index contributed by atoms with van der Waals surface area (Å²) >= 11 is 0. The van der Waals surface area contributed by atoms with Gasteiger partial charge in [-0.2, -0.15) is 0 Å². The number of para-hydroxylation sites is 1.